The maximum atomic E-state index is 7.85. The van der Waals surface area contributed by atoms with Gasteiger partial charge in [0.25, 0.3) is 0 Å². The summed E-state index contributed by atoms with van der Waals surface area (Å²) in [7, 11) is 0. The lowest BCUT2D eigenvalue weighted by molar-refractivity contribution is -0.0152. The maximum absolute atomic E-state index is 7.85. The fourth-order valence-corrected chi connectivity index (χ4v) is 19.0. The van der Waals surface area contributed by atoms with Crippen molar-refractivity contribution in [3.8, 4) is 34.5 Å². The van der Waals surface area contributed by atoms with Crippen LogP contribution in [0.2, 0.25) is 0 Å². The average molecular weight is 1040 g/mol. The van der Waals surface area contributed by atoms with E-state index >= 15 is 0 Å². The van der Waals surface area contributed by atoms with Crippen LogP contribution in [0, 0.1) is 53.3 Å². The molecular weight excluding hydrogens is 978 g/mol. The molecular formula is C54H60Br3N3O3. The van der Waals surface area contributed by atoms with Crippen LogP contribution in [0.25, 0.3) is 0 Å². The Kier molecular flexibility index (Phi) is 9.34. The minimum Gasteiger partial charge on any atom is -0.454 e. The number of anilines is 3. The van der Waals surface area contributed by atoms with Crippen molar-refractivity contribution in [2.75, 3.05) is 17.2 Å². The monoisotopic (exact) mass is 1040 g/mol. The fourth-order valence-electron chi connectivity index (χ4n) is 17.9. The number of benzene rings is 4. The highest BCUT2D eigenvalue weighted by Gasteiger charge is 2.62. The summed E-state index contributed by atoms with van der Waals surface area (Å²) in [4.78, 5) is 0. The molecule has 12 saturated carbocycles. The first-order valence-electron chi connectivity index (χ1n) is 24.3. The highest BCUT2D eigenvalue weighted by atomic mass is 79.9. The predicted octanol–water partition coefficient (Wildman–Crippen LogP) is 15.5. The van der Waals surface area contributed by atoms with Crippen LogP contribution in [-0.2, 0) is 16.2 Å². The summed E-state index contributed by atoms with van der Waals surface area (Å²) >= 11 is 11.2. The molecule has 0 amide bonds. The van der Waals surface area contributed by atoms with Gasteiger partial charge in [-0.15, -0.1) is 0 Å². The molecule has 4 aromatic carbocycles. The van der Waals surface area contributed by atoms with Gasteiger partial charge in [-0.1, -0.05) is 47.8 Å². The third-order valence-corrected chi connectivity index (χ3v) is 20.1. The SMILES string of the molecule is Nc1cc(Br)ccc1Oc1c(C23CC4CC(CC(C4)C2)C3)c(Oc2ccc(Br)cc2N)c(C23CC4CC(CC(C4)C2)C3)c(Oc2ccc(Br)cc2N)c1C12CC3CC(CC(C3)C1)C2. The third-order valence-electron chi connectivity index (χ3n) is 18.6. The van der Waals surface area contributed by atoms with Crippen LogP contribution in [0.5, 0.6) is 34.5 Å². The second-order valence-electron chi connectivity index (χ2n) is 23.1. The van der Waals surface area contributed by atoms with Crippen molar-refractivity contribution in [2.24, 2.45) is 53.3 Å². The minimum absolute atomic E-state index is 0.114. The van der Waals surface area contributed by atoms with Gasteiger partial charge in [-0.25, -0.2) is 0 Å². The lowest BCUT2D eigenvalue weighted by Crippen LogP contribution is -2.52. The smallest absolute Gasteiger partial charge is 0.150 e. The summed E-state index contributed by atoms with van der Waals surface area (Å²) in [6.45, 7) is 0. The topological polar surface area (TPSA) is 106 Å². The van der Waals surface area contributed by atoms with E-state index in [1.54, 1.807) is 0 Å². The van der Waals surface area contributed by atoms with E-state index < -0.39 is 0 Å². The number of nitrogen functional groups attached to an aromatic ring is 3. The Hall–Kier alpha value is -2.88. The lowest BCUT2D eigenvalue weighted by Gasteiger charge is -2.61. The molecule has 4 aromatic rings. The first-order valence-corrected chi connectivity index (χ1v) is 26.7. The molecule has 330 valence electrons. The largest absolute Gasteiger partial charge is 0.454 e. The molecule has 0 aromatic heterocycles. The zero-order valence-corrected chi connectivity index (χ0v) is 41.0. The maximum Gasteiger partial charge on any atom is 0.150 e. The van der Waals surface area contributed by atoms with Crippen molar-refractivity contribution in [3.05, 3.63) is 84.7 Å². The van der Waals surface area contributed by atoms with Crippen LogP contribution in [0.3, 0.4) is 0 Å². The van der Waals surface area contributed by atoms with E-state index in [0.717, 1.165) is 30.7 Å². The molecule has 9 heteroatoms. The van der Waals surface area contributed by atoms with E-state index in [1.165, 1.54) is 132 Å². The second kappa shape index (κ2) is 14.6. The molecule has 12 aliphatic rings. The molecule has 0 heterocycles. The Balaban J connectivity index is 1.19. The minimum atomic E-state index is -0.114. The summed E-state index contributed by atoms with van der Waals surface area (Å²) in [6, 6.07) is 18.4. The Bertz CT molecular complexity index is 2150. The molecule has 0 radical (unpaired) electrons. The lowest BCUT2D eigenvalue weighted by atomic mass is 9.44. The van der Waals surface area contributed by atoms with Gasteiger partial charge in [-0.3, -0.25) is 0 Å². The molecule has 0 saturated heterocycles. The van der Waals surface area contributed by atoms with E-state index in [0.29, 0.717) is 87.6 Å². The van der Waals surface area contributed by atoms with Crippen molar-refractivity contribution in [1.29, 1.82) is 0 Å². The number of nitrogens with two attached hydrogens (primary N) is 3. The molecule has 12 aliphatic carbocycles. The van der Waals surface area contributed by atoms with Gasteiger partial charge >= 0.3 is 0 Å². The van der Waals surface area contributed by atoms with Crippen molar-refractivity contribution >= 4 is 64.9 Å². The van der Waals surface area contributed by atoms with Crippen LogP contribution in [0.4, 0.5) is 17.1 Å². The summed E-state index contributed by atoms with van der Waals surface area (Å²) in [6.07, 6.45) is 22.6. The number of hydrogen-bond acceptors (Lipinski definition) is 6. The van der Waals surface area contributed by atoms with Crippen molar-refractivity contribution in [1.82, 2.24) is 0 Å². The van der Waals surface area contributed by atoms with E-state index in [-0.39, 0.29) is 16.2 Å². The van der Waals surface area contributed by atoms with Gasteiger partial charge in [0.15, 0.2) is 0 Å². The molecule has 63 heavy (non-hydrogen) atoms. The summed E-state index contributed by atoms with van der Waals surface area (Å²) in [5.74, 6) is 11.3. The Labute approximate surface area is 397 Å². The zero-order valence-electron chi connectivity index (χ0n) is 36.2. The number of rotatable bonds is 9. The molecule has 6 N–H and O–H groups in total. The van der Waals surface area contributed by atoms with Gasteiger partial charge in [-0.2, -0.15) is 0 Å². The summed E-state index contributed by atoms with van der Waals surface area (Å²) in [5, 5.41) is 0. The molecule has 16 rings (SSSR count). The van der Waals surface area contributed by atoms with Gasteiger partial charge in [0, 0.05) is 46.4 Å². The summed E-state index contributed by atoms with van der Waals surface area (Å²) in [5.41, 5.74) is 26.6. The van der Waals surface area contributed by atoms with Gasteiger partial charge in [0.2, 0.25) is 0 Å². The molecule has 0 spiro atoms. The van der Waals surface area contributed by atoms with Gasteiger partial charge in [-0.05, 0) is 223 Å². The number of halogens is 3. The Morgan fingerprint density at radius 1 is 0.349 bits per heavy atom. The molecule has 12 bridgehead atoms. The normalized spacial score (nSPS) is 37.5. The zero-order chi connectivity index (χ0) is 42.6. The molecule has 6 nitrogen and oxygen atoms in total. The second-order valence-corrected chi connectivity index (χ2v) is 25.8. The highest BCUT2D eigenvalue weighted by molar-refractivity contribution is 9.11. The number of ether oxygens (including phenoxy) is 3. The van der Waals surface area contributed by atoms with E-state index in [4.69, 9.17) is 31.4 Å². The predicted molar refractivity (Wildman–Crippen MR) is 262 cm³/mol. The van der Waals surface area contributed by atoms with Crippen molar-refractivity contribution < 1.29 is 14.2 Å². The molecule has 12 fully saturated rings. The van der Waals surface area contributed by atoms with E-state index in [9.17, 15) is 0 Å². The van der Waals surface area contributed by atoms with E-state index in [2.05, 4.69) is 84.2 Å². The fraction of sp³-hybridized carbons (Fsp3) is 0.556. The van der Waals surface area contributed by atoms with E-state index in [1.807, 2.05) is 18.2 Å². The number of hydrogen-bond donors (Lipinski definition) is 3. The molecule has 0 aliphatic heterocycles. The van der Waals surface area contributed by atoms with Crippen LogP contribution >= 0.6 is 47.8 Å². The van der Waals surface area contributed by atoms with Gasteiger partial charge in [0.1, 0.15) is 34.5 Å². The quantitative estimate of drug-likeness (QED) is 0.144. The van der Waals surface area contributed by atoms with Crippen molar-refractivity contribution in [3.63, 3.8) is 0 Å². The van der Waals surface area contributed by atoms with Gasteiger partial charge < -0.3 is 31.4 Å². The van der Waals surface area contributed by atoms with Crippen LogP contribution in [-0.4, -0.2) is 0 Å². The summed E-state index contributed by atoms with van der Waals surface area (Å²) < 4.78 is 26.4. The van der Waals surface area contributed by atoms with Crippen LogP contribution in [0.15, 0.2) is 68.0 Å². The average Bonchev–Trinajstić information content (AvgIpc) is 3.19. The standard InChI is InChI=1S/C54H60Br3N3O3/c55-37-1-4-43(40(58)16-37)61-49-46(52-19-28-7-29(20-52)9-30(8-28)21-52)50(62-44-5-2-38(56)17-41(44)59)48(54-25-34-13-35(26-54)15-36(14-34)27-54)51(63-45-6-3-39(57)18-42(45)60)47(49)53-22-31-10-32(23-53)12-33(11-31)24-53/h1-6,16-18,28-36H,7-15,19-27,58-60H2. The Morgan fingerprint density at radius 3 is 0.746 bits per heavy atom. The van der Waals surface area contributed by atoms with Crippen LogP contribution in [0.1, 0.15) is 132 Å². The molecule has 0 atom stereocenters. The molecule has 0 unspecified atom stereocenters. The van der Waals surface area contributed by atoms with Crippen LogP contribution < -0.4 is 31.4 Å². The Morgan fingerprint density at radius 2 is 0.556 bits per heavy atom. The first kappa shape index (κ1) is 40.4. The third kappa shape index (κ3) is 6.59. The highest BCUT2D eigenvalue weighted by Crippen LogP contribution is 2.73. The van der Waals surface area contributed by atoms with Gasteiger partial charge in [0.05, 0.1) is 17.1 Å². The first-order chi connectivity index (χ1) is 30.4. The van der Waals surface area contributed by atoms with Crippen molar-refractivity contribution in [2.45, 2.75) is 132 Å².